The van der Waals surface area contributed by atoms with Crippen molar-refractivity contribution in [2.75, 3.05) is 27.2 Å². The van der Waals surface area contributed by atoms with E-state index in [1.165, 1.54) is 5.56 Å². The maximum atomic E-state index is 12.6. The number of hydrogen-bond acceptors (Lipinski definition) is 2. The Morgan fingerprint density at radius 2 is 1.64 bits per heavy atom. The van der Waals surface area contributed by atoms with E-state index in [2.05, 4.69) is 75.0 Å². The van der Waals surface area contributed by atoms with Gasteiger partial charge in [0.05, 0.1) is 0 Å². The Labute approximate surface area is 153 Å². The van der Waals surface area contributed by atoms with Crippen LogP contribution in [-0.2, 0) is 10.3 Å². The van der Waals surface area contributed by atoms with Gasteiger partial charge in [-0.15, -0.1) is 0 Å². The zero-order chi connectivity index (χ0) is 18.3. The molecule has 2 fully saturated rings. The van der Waals surface area contributed by atoms with Crippen molar-refractivity contribution in [2.45, 2.75) is 58.4 Å². The van der Waals surface area contributed by atoms with Crippen LogP contribution in [0.15, 0.2) is 30.3 Å². The third kappa shape index (κ3) is 3.62. The van der Waals surface area contributed by atoms with Gasteiger partial charge >= 0.3 is 0 Å². The predicted molar refractivity (Wildman–Crippen MR) is 103 cm³/mol. The van der Waals surface area contributed by atoms with E-state index in [1.54, 1.807) is 0 Å². The van der Waals surface area contributed by atoms with Crippen LogP contribution in [0.25, 0.3) is 0 Å². The second-order valence-corrected chi connectivity index (χ2v) is 9.78. The summed E-state index contributed by atoms with van der Waals surface area (Å²) in [7, 11) is 4.41. The smallest absolute Gasteiger partial charge is 0.223 e. The molecule has 138 valence electrons. The lowest BCUT2D eigenvalue weighted by Crippen LogP contribution is -2.47. The van der Waals surface area contributed by atoms with E-state index in [4.69, 9.17) is 0 Å². The van der Waals surface area contributed by atoms with Crippen LogP contribution in [0.1, 0.15) is 58.4 Å². The number of amides is 1. The zero-order valence-electron chi connectivity index (χ0n) is 16.6. The Kier molecular flexibility index (Phi) is 4.74. The summed E-state index contributed by atoms with van der Waals surface area (Å²) in [6, 6.07) is 10.9. The summed E-state index contributed by atoms with van der Waals surface area (Å²) in [5.74, 6) is 0.368. The summed E-state index contributed by atoms with van der Waals surface area (Å²) in [4.78, 5) is 17.1. The first-order chi connectivity index (χ1) is 11.7. The minimum absolute atomic E-state index is 0.118. The molecule has 0 aromatic heterocycles. The number of nitrogens with zero attached hydrogens (tertiary/aromatic N) is 2. The zero-order valence-corrected chi connectivity index (χ0v) is 16.6. The van der Waals surface area contributed by atoms with Crippen molar-refractivity contribution in [3.05, 3.63) is 35.9 Å². The molecule has 1 amide bonds. The maximum absolute atomic E-state index is 12.6. The number of likely N-dealkylation sites (tertiary alicyclic amines) is 1. The molecule has 1 aliphatic carbocycles. The second-order valence-electron chi connectivity index (χ2n) is 9.78. The lowest BCUT2D eigenvalue weighted by Gasteiger charge is -2.49. The van der Waals surface area contributed by atoms with Crippen molar-refractivity contribution in [1.82, 2.24) is 9.80 Å². The van der Waals surface area contributed by atoms with Gasteiger partial charge in [0.15, 0.2) is 0 Å². The molecule has 1 saturated heterocycles. The van der Waals surface area contributed by atoms with Gasteiger partial charge < -0.3 is 4.90 Å². The average Bonchev–Trinajstić information content (AvgIpc) is 2.82. The van der Waals surface area contributed by atoms with Gasteiger partial charge in [0, 0.05) is 25.0 Å². The molecule has 3 rings (SSSR count). The summed E-state index contributed by atoms with van der Waals surface area (Å²) >= 11 is 0. The summed E-state index contributed by atoms with van der Waals surface area (Å²) in [6.45, 7) is 8.50. The topological polar surface area (TPSA) is 23.6 Å². The van der Waals surface area contributed by atoms with Gasteiger partial charge in [-0.2, -0.15) is 0 Å². The Bertz CT molecular complexity index is 607. The molecule has 1 aliphatic heterocycles. The molecule has 1 spiro atoms. The highest BCUT2D eigenvalue weighted by atomic mass is 16.2. The van der Waals surface area contributed by atoms with Crippen LogP contribution in [0.2, 0.25) is 0 Å². The van der Waals surface area contributed by atoms with Crippen molar-refractivity contribution in [3.8, 4) is 0 Å². The van der Waals surface area contributed by atoms with Crippen molar-refractivity contribution in [3.63, 3.8) is 0 Å². The first kappa shape index (κ1) is 18.4. The molecule has 1 aromatic rings. The molecule has 1 aromatic carbocycles. The summed E-state index contributed by atoms with van der Waals surface area (Å²) in [5, 5.41) is 0. The molecule has 1 heterocycles. The summed E-state index contributed by atoms with van der Waals surface area (Å²) in [5.41, 5.74) is 1.92. The van der Waals surface area contributed by atoms with E-state index in [-0.39, 0.29) is 16.4 Å². The van der Waals surface area contributed by atoms with Gasteiger partial charge in [-0.25, -0.2) is 0 Å². The van der Waals surface area contributed by atoms with Crippen LogP contribution in [-0.4, -0.2) is 42.9 Å². The van der Waals surface area contributed by atoms with Gasteiger partial charge in [-0.05, 0) is 56.2 Å². The summed E-state index contributed by atoms with van der Waals surface area (Å²) in [6.07, 6.45) is 5.32. The minimum atomic E-state index is 0.118. The molecule has 2 aliphatic rings. The third-order valence-corrected chi connectivity index (χ3v) is 6.38. The van der Waals surface area contributed by atoms with Gasteiger partial charge in [-0.3, -0.25) is 9.69 Å². The van der Waals surface area contributed by atoms with E-state index in [0.717, 1.165) is 45.2 Å². The maximum Gasteiger partial charge on any atom is 0.223 e. The molecule has 1 saturated carbocycles. The highest BCUT2D eigenvalue weighted by Crippen LogP contribution is 2.52. The van der Waals surface area contributed by atoms with Crippen molar-refractivity contribution < 1.29 is 4.79 Å². The van der Waals surface area contributed by atoms with Gasteiger partial charge in [0.25, 0.3) is 0 Å². The standard InChI is InChI=1S/C22H34N2O/c1-20(2,3)16-24-17-21(15-19(24)25)11-13-22(14-12-21,23(4)5)18-9-7-6-8-10-18/h6-10H,11-17H2,1-5H3/t21-,22+. The van der Waals surface area contributed by atoms with Crippen LogP contribution in [0.3, 0.4) is 0 Å². The van der Waals surface area contributed by atoms with Crippen LogP contribution in [0.4, 0.5) is 0 Å². The van der Waals surface area contributed by atoms with Crippen molar-refractivity contribution in [2.24, 2.45) is 10.8 Å². The quantitative estimate of drug-likeness (QED) is 0.818. The molecular formula is C22H34N2O. The van der Waals surface area contributed by atoms with E-state index in [1.807, 2.05) is 0 Å². The number of carbonyl (C=O) groups is 1. The molecule has 0 radical (unpaired) electrons. The molecule has 0 N–H and O–H groups in total. The highest BCUT2D eigenvalue weighted by molar-refractivity contribution is 5.79. The third-order valence-electron chi connectivity index (χ3n) is 6.38. The molecule has 0 bridgehead atoms. The normalized spacial score (nSPS) is 30.5. The van der Waals surface area contributed by atoms with E-state index in [9.17, 15) is 4.79 Å². The Morgan fingerprint density at radius 1 is 1.04 bits per heavy atom. The SMILES string of the molecule is CN(C)[C@]1(c2ccccc2)CC[C@]2(CC1)CC(=O)N(CC(C)(C)C)C2. The largest absolute Gasteiger partial charge is 0.342 e. The first-order valence-electron chi connectivity index (χ1n) is 9.67. The van der Waals surface area contributed by atoms with Gasteiger partial charge in [0.1, 0.15) is 0 Å². The lowest BCUT2D eigenvalue weighted by atomic mass is 9.64. The molecule has 0 unspecified atom stereocenters. The Morgan fingerprint density at radius 3 is 2.16 bits per heavy atom. The average molecular weight is 343 g/mol. The fourth-order valence-corrected chi connectivity index (χ4v) is 4.97. The number of hydrogen-bond donors (Lipinski definition) is 0. The summed E-state index contributed by atoms with van der Waals surface area (Å²) < 4.78 is 0. The fraction of sp³-hybridized carbons (Fsp3) is 0.682. The molecular weight excluding hydrogens is 308 g/mol. The Hall–Kier alpha value is -1.35. The van der Waals surface area contributed by atoms with Crippen LogP contribution in [0.5, 0.6) is 0 Å². The molecule has 0 atom stereocenters. The highest BCUT2D eigenvalue weighted by Gasteiger charge is 2.50. The number of benzene rings is 1. The number of carbonyl (C=O) groups excluding carboxylic acids is 1. The molecule has 3 heteroatoms. The van der Waals surface area contributed by atoms with Gasteiger partial charge in [0.2, 0.25) is 5.91 Å². The number of rotatable bonds is 3. The van der Waals surface area contributed by atoms with Crippen molar-refractivity contribution >= 4 is 5.91 Å². The van der Waals surface area contributed by atoms with E-state index in [0.29, 0.717) is 5.91 Å². The fourth-order valence-electron chi connectivity index (χ4n) is 4.97. The van der Waals surface area contributed by atoms with E-state index >= 15 is 0 Å². The Balaban J connectivity index is 1.76. The van der Waals surface area contributed by atoms with Crippen LogP contribution in [0, 0.1) is 10.8 Å². The van der Waals surface area contributed by atoms with E-state index < -0.39 is 0 Å². The molecule has 25 heavy (non-hydrogen) atoms. The lowest BCUT2D eigenvalue weighted by molar-refractivity contribution is -0.128. The second kappa shape index (κ2) is 6.42. The predicted octanol–water partition coefficient (Wildman–Crippen LogP) is 4.28. The van der Waals surface area contributed by atoms with Crippen LogP contribution < -0.4 is 0 Å². The van der Waals surface area contributed by atoms with Crippen molar-refractivity contribution in [1.29, 1.82) is 0 Å². The van der Waals surface area contributed by atoms with Crippen LogP contribution >= 0.6 is 0 Å². The monoisotopic (exact) mass is 342 g/mol. The van der Waals surface area contributed by atoms with Gasteiger partial charge in [-0.1, -0.05) is 51.1 Å². The molecule has 3 nitrogen and oxygen atoms in total. The minimum Gasteiger partial charge on any atom is -0.342 e. The first-order valence-corrected chi connectivity index (χ1v) is 9.67.